The van der Waals surface area contributed by atoms with Gasteiger partial charge in [0.05, 0.1) is 0 Å². The predicted molar refractivity (Wildman–Crippen MR) is 94.4 cm³/mol. The maximum absolute atomic E-state index is 13.3. The Labute approximate surface area is 155 Å². The van der Waals surface area contributed by atoms with Crippen molar-refractivity contribution in [3.8, 4) is 0 Å². The Morgan fingerprint density at radius 2 is 1.33 bits per heavy atom. The standard InChI is InChI=1S/C20H18F2N2O3/c1-13-2-4-14(5-3-13)18(25)20(27)24-10-8-23(9-11-24)19(26)15-6-7-16(21)17(22)12-15/h2-7,12H,8-11H2,1H3. The molecule has 27 heavy (non-hydrogen) atoms. The summed E-state index contributed by atoms with van der Waals surface area (Å²) in [7, 11) is 0. The number of nitrogens with zero attached hydrogens (tertiary/aromatic N) is 2. The van der Waals surface area contributed by atoms with Gasteiger partial charge >= 0.3 is 0 Å². The van der Waals surface area contributed by atoms with Crippen molar-refractivity contribution in [2.75, 3.05) is 26.2 Å². The second-order valence-electron chi connectivity index (χ2n) is 6.41. The minimum absolute atomic E-state index is 0.0457. The van der Waals surface area contributed by atoms with Crippen molar-refractivity contribution in [2.24, 2.45) is 0 Å². The number of carbonyl (C=O) groups is 3. The molecule has 140 valence electrons. The third kappa shape index (κ3) is 4.02. The molecule has 1 fully saturated rings. The van der Waals surface area contributed by atoms with Gasteiger partial charge in [-0.25, -0.2) is 8.78 Å². The summed E-state index contributed by atoms with van der Waals surface area (Å²) in [5, 5.41) is 0. The first-order valence-electron chi connectivity index (χ1n) is 8.51. The molecule has 0 aliphatic carbocycles. The number of amides is 2. The molecule has 0 atom stereocenters. The second-order valence-corrected chi connectivity index (χ2v) is 6.41. The van der Waals surface area contributed by atoms with Gasteiger partial charge in [-0.3, -0.25) is 14.4 Å². The van der Waals surface area contributed by atoms with Crippen molar-refractivity contribution < 1.29 is 23.2 Å². The van der Waals surface area contributed by atoms with Gasteiger partial charge in [0.25, 0.3) is 11.8 Å². The number of Topliss-reactive ketones (excluding diaryl/α,β-unsaturated/α-hetero) is 1. The van der Waals surface area contributed by atoms with Crippen LogP contribution in [-0.4, -0.2) is 53.6 Å². The fourth-order valence-corrected chi connectivity index (χ4v) is 2.90. The topological polar surface area (TPSA) is 57.7 Å². The minimum atomic E-state index is -1.08. The van der Waals surface area contributed by atoms with E-state index in [9.17, 15) is 23.2 Å². The highest BCUT2D eigenvalue weighted by Gasteiger charge is 2.29. The van der Waals surface area contributed by atoms with Gasteiger partial charge in [-0.05, 0) is 25.1 Å². The van der Waals surface area contributed by atoms with Gasteiger partial charge in [-0.15, -0.1) is 0 Å². The van der Waals surface area contributed by atoms with Crippen LogP contribution in [0.25, 0.3) is 0 Å². The van der Waals surface area contributed by atoms with Crippen LogP contribution in [0, 0.1) is 18.6 Å². The largest absolute Gasteiger partial charge is 0.335 e. The average molecular weight is 372 g/mol. The Morgan fingerprint density at radius 1 is 0.778 bits per heavy atom. The summed E-state index contributed by atoms with van der Waals surface area (Å²) in [5.74, 6) is -3.74. The third-order valence-corrected chi connectivity index (χ3v) is 4.53. The number of halogens is 2. The number of hydrogen-bond donors (Lipinski definition) is 0. The number of aryl methyl sites for hydroxylation is 1. The molecule has 7 heteroatoms. The molecule has 0 spiro atoms. The zero-order chi connectivity index (χ0) is 19.6. The van der Waals surface area contributed by atoms with Crippen LogP contribution < -0.4 is 0 Å². The van der Waals surface area contributed by atoms with Crippen LogP contribution in [0.3, 0.4) is 0 Å². The van der Waals surface area contributed by atoms with E-state index in [1.807, 2.05) is 6.92 Å². The van der Waals surface area contributed by atoms with Crippen molar-refractivity contribution in [1.82, 2.24) is 9.80 Å². The minimum Gasteiger partial charge on any atom is -0.335 e. The molecule has 5 nitrogen and oxygen atoms in total. The van der Waals surface area contributed by atoms with Crippen LogP contribution in [0.1, 0.15) is 26.3 Å². The van der Waals surface area contributed by atoms with E-state index in [1.165, 1.54) is 15.9 Å². The van der Waals surface area contributed by atoms with E-state index >= 15 is 0 Å². The van der Waals surface area contributed by atoms with Gasteiger partial charge in [-0.2, -0.15) is 0 Å². The highest BCUT2D eigenvalue weighted by molar-refractivity contribution is 6.42. The van der Waals surface area contributed by atoms with E-state index in [2.05, 4.69) is 0 Å². The quantitative estimate of drug-likeness (QED) is 0.614. The maximum atomic E-state index is 13.3. The lowest BCUT2D eigenvalue weighted by Crippen LogP contribution is -2.52. The summed E-state index contributed by atoms with van der Waals surface area (Å²) in [5.41, 5.74) is 1.36. The lowest BCUT2D eigenvalue weighted by molar-refractivity contribution is -0.127. The van der Waals surface area contributed by atoms with E-state index < -0.39 is 29.2 Å². The van der Waals surface area contributed by atoms with E-state index in [4.69, 9.17) is 0 Å². The SMILES string of the molecule is Cc1ccc(C(=O)C(=O)N2CCN(C(=O)c3ccc(F)c(F)c3)CC2)cc1. The first-order chi connectivity index (χ1) is 12.9. The molecule has 0 radical (unpaired) electrons. The monoisotopic (exact) mass is 372 g/mol. The van der Waals surface area contributed by atoms with Crippen LogP contribution in [-0.2, 0) is 4.79 Å². The van der Waals surface area contributed by atoms with Crippen LogP contribution >= 0.6 is 0 Å². The summed E-state index contributed by atoms with van der Waals surface area (Å²) < 4.78 is 26.3. The molecule has 2 amide bonds. The number of benzene rings is 2. The highest BCUT2D eigenvalue weighted by atomic mass is 19.2. The number of hydrogen-bond acceptors (Lipinski definition) is 3. The number of rotatable bonds is 3. The zero-order valence-electron chi connectivity index (χ0n) is 14.7. The van der Waals surface area contributed by atoms with Gasteiger partial charge in [-0.1, -0.05) is 29.8 Å². The first kappa shape index (κ1) is 18.7. The van der Waals surface area contributed by atoms with Gasteiger partial charge in [0.2, 0.25) is 5.78 Å². The molecule has 1 saturated heterocycles. The lowest BCUT2D eigenvalue weighted by atomic mass is 10.1. The van der Waals surface area contributed by atoms with Crippen LogP contribution in [0.15, 0.2) is 42.5 Å². The fourth-order valence-electron chi connectivity index (χ4n) is 2.90. The van der Waals surface area contributed by atoms with Crippen LogP contribution in [0.5, 0.6) is 0 Å². The molecule has 0 N–H and O–H groups in total. The van der Waals surface area contributed by atoms with Gasteiger partial charge in [0, 0.05) is 37.3 Å². The molecule has 2 aromatic rings. The normalized spacial score (nSPS) is 14.2. The number of carbonyl (C=O) groups excluding carboxylic acids is 3. The number of piperazine rings is 1. The van der Waals surface area contributed by atoms with Crippen LogP contribution in [0.2, 0.25) is 0 Å². The van der Waals surface area contributed by atoms with E-state index in [1.54, 1.807) is 24.3 Å². The average Bonchev–Trinajstić information content (AvgIpc) is 2.69. The summed E-state index contributed by atoms with van der Waals surface area (Å²) in [6.07, 6.45) is 0. The third-order valence-electron chi connectivity index (χ3n) is 4.53. The van der Waals surface area contributed by atoms with Crippen molar-refractivity contribution in [3.05, 3.63) is 70.8 Å². The predicted octanol–water partition coefficient (Wildman–Crippen LogP) is 2.44. The molecule has 3 rings (SSSR count). The summed E-state index contributed by atoms with van der Waals surface area (Å²) in [4.78, 5) is 40.0. The van der Waals surface area contributed by atoms with Crippen molar-refractivity contribution in [2.45, 2.75) is 6.92 Å². The molecular formula is C20H18F2N2O3. The molecule has 1 heterocycles. The number of ketones is 1. The second kappa shape index (κ2) is 7.65. The lowest BCUT2D eigenvalue weighted by Gasteiger charge is -2.34. The van der Waals surface area contributed by atoms with E-state index in [-0.39, 0.29) is 31.7 Å². The Kier molecular flexibility index (Phi) is 5.30. The molecule has 1 aliphatic rings. The van der Waals surface area contributed by atoms with Crippen molar-refractivity contribution in [1.29, 1.82) is 0 Å². The molecule has 0 aromatic heterocycles. The summed E-state index contributed by atoms with van der Waals surface area (Å²) in [6.45, 7) is 2.71. The molecule has 2 aromatic carbocycles. The Bertz CT molecular complexity index is 889. The summed E-state index contributed by atoms with van der Waals surface area (Å²) in [6, 6.07) is 9.73. The maximum Gasteiger partial charge on any atom is 0.295 e. The Balaban J connectivity index is 1.61. The first-order valence-corrected chi connectivity index (χ1v) is 8.51. The Hall–Kier alpha value is -3.09. The van der Waals surface area contributed by atoms with Gasteiger partial charge < -0.3 is 9.80 Å². The fraction of sp³-hybridized carbons (Fsp3) is 0.250. The van der Waals surface area contributed by atoms with Crippen molar-refractivity contribution >= 4 is 17.6 Å². The van der Waals surface area contributed by atoms with Crippen LogP contribution in [0.4, 0.5) is 8.78 Å². The summed E-state index contributed by atoms with van der Waals surface area (Å²) >= 11 is 0. The highest BCUT2D eigenvalue weighted by Crippen LogP contribution is 2.14. The smallest absolute Gasteiger partial charge is 0.295 e. The molecular weight excluding hydrogens is 354 g/mol. The van der Waals surface area contributed by atoms with Gasteiger partial charge in [0.15, 0.2) is 11.6 Å². The molecule has 0 unspecified atom stereocenters. The molecule has 1 aliphatic heterocycles. The van der Waals surface area contributed by atoms with E-state index in [0.717, 1.165) is 17.7 Å². The Morgan fingerprint density at radius 3 is 1.93 bits per heavy atom. The zero-order valence-corrected chi connectivity index (χ0v) is 14.7. The molecule has 0 saturated carbocycles. The van der Waals surface area contributed by atoms with Crippen molar-refractivity contribution in [3.63, 3.8) is 0 Å². The molecule has 0 bridgehead atoms. The van der Waals surface area contributed by atoms with E-state index in [0.29, 0.717) is 5.56 Å². The van der Waals surface area contributed by atoms with Gasteiger partial charge in [0.1, 0.15) is 0 Å².